The highest BCUT2D eigenvalue weighted by molar-refractivity contribution is 7.10. The molecule has 6 nitrogen and oxygen atoms in total. The Morgan fingerprint density at radius 3 is 1.68 bits per heavy atom. The Bertz CT molecular complexity index is 1410. The van der Waals surface area contributed by atoms with E-state index in [1.165, 1.54) is 25.2 Å². The zero-order valence-corrected chi connectivity index (χ0v) is 25.3. The molecule has 0 aliphatic carbocycles. The minimum Gasteiger partial charge on any atom is -0.457 e. The topological polar surface area (TPSA) is 77.9 Å². The lowest BCUT2D eigenvalue weighted by atomic mass is 9.67. The van der Waals surface area contributed by atoms with Gasteiger partial charge in [-0.25, -0.2) is 9.78 Å². The van der Waals surface area contributed by atoms with E-state index in [2.05, 4.69) is 41.6 Å². The average Bonchev–Trinajstić information content (AvgIpc) is 3.40. The fraction of sp³-hybridized carbons (Fsp3) is 0.273. The van der Waals surface area contributed by atoms with Crippen molar-refractivity contribution >= 4 is 39.9 Å². The summed E-state index contributed by atoms with van der Waals surface area (Å²) in [5, 5.41) is 5.63. The van der Waals surface area contributed by atoms with Crippen LogP contribution in [0.25, 0.3) is 0 Å². The van der Waals surface area contributed by atoms with Gasteiger partial charge in [0.1, 0.15) is 11.3 Å². The molecular weight excluding hydrogens is 556 g/mol. The first-order valence-corrected chi connectivity index (χ1v) is 14.5. The minimum absolute atomic E-state index is 0.185. The van der Waals surface area contributed by atoms with Gasteiger partial charge < -0.3 is 9.57 Å². The number of hydrogen-bond donors (Lipinski definition) is 0. The average molecular weight is 589 g/mol. The molecule has 0 unspecified atom stereocenters. The van der Waals surface area contributed by atoms with E-state index in [4.69, 9.17) is 26.2 Å². The maximum atomic E-state index is 12.6. The molecule has 3 aromatic carbocycles. The quantitative estimate of drug-likeness (QED) is 0.0637. The van der Waals surface area contributed by atoms with Crippen molar-refractivity contribution in [2.45, 2.75) is 57.7 Å². The van der Waals surface area contributed by atoms with Gasteiger partial charge in [-0.1, -0.05) is 96.2 Å². The zero-order valence-electron chi connectivity index (χ0n) is 23.8. The van der Waals surface area contributed by atoms with Crippen LogP contribution in [0, 0.1) is 0 Å². The highest BCUT2D eigenvalue weighted by Gasteiger charge is 2.38. The standard InChI is InChI=1S/C33H33ClN2O4S/c1-31(2,3)39-30(38)32(4,5)40-36-28(29(34)37)26-22-41-27(35-26)21-33(23-15-9-6-10-16-23,24-17-11-7-12-18-24)25-19-13-8-14-20-25/h6-20,22H,21H2,1-5H3/b36-28-. The molecule has 4 aromatic rings. The Kier molecular flexibility index (Phi) is 9.10. The molecule has 0 radical (unpaired) electrons. The number of ether oxygens (including phenoxy) is 1. The Balaban J connectivity index is 1.74. The third kappa shape index (κ3) is 7.10. The first-order chi connectivity index (χ1) is 19.4. The largest absolute Gasteiger partial charge is 0.457 e. The van der Waals surface area contributed by atoms with Crippen molar-refractivity contribution in [2.75, 3.05) is 0 Å². The second kappa shape index (κ2) is 12.4. The SMILES string of the molecule is CC(C)(C)OC(=O)C(C)(C)O/N=C(\C(=O)Cl)c1csc(CC(c2ccccc2)(c2ccccc2)c2ccccc2)n1. The lowest BCUT2D eigenvalue weighted by Gasteiger charge is -2.35. The van der Waals surface area contributed by atoms with Gasteiger partial charge in [0.05, 0.1) is 10.4 Å². The molecule has 0 atom stereocenters. The third-order valence-electron chi connectivity index (χ3n) is 6.45. The number of esters is 1. The van der Waals surface area contributed by atoms with E-state index in [9.17, 15) is 9.59 Å². The summed E-state index contributed by atoms with van der Waals surface area (Å²) in [5.41, 5.74) is 0.697. The molecule has 1 heterocycles. The minimum atomic E-state index is -1.45. The molecule has 0 saturated carbocycles. The number of halogens is 1. The molecule has 4 rings (SSSR count). The molecule has 0 spiro atoms. The van der Waals surface area contributed by atoms with Gasteiger partial charge in [-0.2, -0.15) is 0 Å². The molecule has 0 fully saturated rings. The van der Waals surface area contributed by atoms with Crippen molar-refractivity contribution in [2.24, 2.45) is 5.16 Å². The van der Waals surface area contributed by atoms with Crippen LogP contribution in [0.5, 0.6) is 0 Å². The Hall–Kier alpha value is -3.81. The summed E-state index contributed by atoms with van der Waals surface area (Å²) in [5.74, 6) is -0.618. The summed E-state index contributed by atoms with van der Waals surface area (Å²) >= 11 is 7.33. The number of oxime groups is 1. The van der Waals surface area contributed by atoms with E-state index in [1.54, 1.807) is 26.2 Å². The van der Waals surface area contributed by atoms with Gasteiger partial charge in [0.2, 0.25) is 5.60 Å². The lowest BCUT2D eigenvalue weighted by Crippen LogP contribution is -2.40. The van der Waals surface area contributed by atoms with Crippen LogP contribution >= 0.6 is 22.9 Å². The third-order valence-corrected chi connectivity index (χ3v) is 7.48. The van der Waals surface area contributed by atoms with E-state index in [0.29, 0.717) is 6.42 Å². The number of rotatable bonds is 10. The Morgan fingerprint density at radius 2 is 1.27 bits per heavy atom. The van der Waals surface area contributed by atoms with Crippen LogP contribution in [0.1, 0.15) is 62.0 Å². The van der Waals surface area contributed by atoms with E-state index in [0.717, 1.165) is 21.7 Å². The number of benzene rings is 3. The normalized spacial score (nSPS) is 12.6. The van der Waals surface area contributed by atoms with E-state index in [1.807, 2.05) is 54.6 Å². The maximum Gasteiger partial charge on any atom is 0.353 e. The fourth-order valence-corrected chi connectivity index (χ4v) is 5.48. The van der Waals surface area contributed by atoms with Gasteiger partial charge in [-0.3, -0.25) is 4.79 Å². The predicted molar refractivity (Wildman–Crippen MR) is 163 cm³/mol. The van der Waals surface area contributed by atoms with Crippen LogP contribution in [0.4, 0.5) is 0 Å². The monoisotopic (exact) mass is 588 g/mol. The van der Waals surface area contributed by atoms with Gasteiger partial charge in [-0.05, 0) is 62.9 Å². The van der Waals surface area contributed by atoms with E-state index < -0.39 is 27.8 Å². The van der Waals surface area contributed by atoms with Crippen LogP contribution < -0.4 is 0 Å². The van der Waals surface area contributed by atoms with Crippen LogP contribution in [0.15, 0.2) is 102 Å². The summed E-state index contributed by atoms with van der Waals surface area (Å²) in [6.07, 6.45) is 0.518. The van der Waals surface area contributed by atoms with Crippen molar-refractivity contribution in [3.8, 4) is 0 Å². The number of hydrogen-bond acceptors (Lipinski definition) is 7. The van der Waals surface area contributed by atoms with E-state index in [-0.39, 0.29) is 11.4 Å². The van der Waals surface area contributed by atoms with Gasteiger partial charge in [0.15, 0.2) is 5.71 Å². The summed E-state index contributed by atoms with van der Waals surface area (Å²) in [4.78, 5) is 35.3. The molecule has 0 aliphatic rings. The van der Waals surface area contributed by atoms with Crippen molar-refractivity contribution in [3.05, 3.63) is 124 Å². The highest BCUT2D eigenvalue weighted by atomic mass is 35.5. The van der Waals surface area contributed by atoms with Crippen LogP contribution in [0.2, 0.25) is 0 Å². The predicted octanol–water partition coefficient (Wildman–Crippen LogP) is 7.33. The van der Waals surface area contributed by atoms with Crippen LogP contribution in [-0.4, -0.2) is 33.1 Å². The number of carbonyl (C=O) groups is 2. The molecule has 8 heteroatoms. The van der Waals surface area contributed by atoms with Crippen molar-refractivity contribution in [3.63, 3.8) is 0 Å². The number of carbonyl (C=O) groups excluding carboxylic acids is 2. The fourth-order valence-electron chi connectivity index (χ4n) is 4.48. The lowest BCUT2D eigenvalue weighted by molar-refractivity contribution is -0.179. The second-order valence-corrected chi connectivity index (χ2v) is 12.4. The van der Waals surface area contributed by atoms with Crippen LogP contribution in [-0.2, 0) is 31.0 Å². The van der Waals surface area contributed by atoms with Crippen molar-refractivity contribution < 1.29 is 19.2 Å². The van der Waals surface area contributed by atoms with E-state index >= 15 is 0 Å². The van der Waals surface area contributed by atoms with Gasteiger partial charge >= 0.3 is 5.97 Å². The molecule has 212 valence electrons. The number of aromatic nitrogens is 1. The van der Waals surface area contributed by atoms with Crippen LogP contribution in [0.3, 0.4) is 0 Å². The second-order valence-electron chi connectivity index (χ2n) is 11.1. The molecule has 41 heavy (non-hydrogen) atoms. The summed E-state index contributed by atoms with van der Waals surface area (Å²) < 4.78 is 5.42. The molecule has 1 aromatic heterocycles. The number of nitrogens with zero attached hydrogens (tertiary/aromatic N) is 2. The van der Waals surface area contributed by atoms with Crippen molar-refractivity contribution in [1.29, 1.82) is 0 Å². The number of thiazole rings is 1. The first-order valence-electron chi connectivity index (χ1n) is 13.2. The van der Waals surface area contributed by atoms with Gasteiger partial charge in [0, 0.05) is 11.8 Å². The summed E-state index contributed by atoms with van der Waals surface area (Å²) in [6, 6.07) is 30.9. The molecular formula is C33H33ClN2O4S. The molecule has 0 N–H and O–H groups in total. The first kappa shape index (κ1) is 30.2. The summed E-state index contributed by atoms with van der Waals surface area (Å²) in [7, 11) is 0. The Labute approximate surface area is 250 Å². The van der Waals surface area contributed by atoms with Gasteiger partial charge in [-0.15, -0.1) is 11.3 Å². The molecule has 0 bridgehead atoms. The van der Waals surface area contributed by atoms with Gasteiger partial charge in [0.25, 0.3) is 5.24 Å². The molecule has 0 saturated heterocycles. The molecule has 0 aliphatic heterocycles. The summed E-state index contributed by atoms with van der Waals surface area (Å²) in [6.45, 7) is 8.31. The Morgan fingerprint density at radius 1 is 0.805 bits per heavy atom. The zero-order chi connectivity index (χ0) is 29.7. The van der Waals surface area contributed by atoms with Crippen molar-refractivity contribution in [1.82, 2.24) is 4.98 Å². The smallest absolute Gasteiger partial charge is 0.353 e. The highest BCUT2D eigenvalue weighted by Crippen LogP contribution is 2.42. The molecule has 0 amide bonds. The maximum absolute atomic E-state index is 12.6.